The molecule has 0 saturated heterocycles. The van der Waals surface area contributed by atoms with E-state index < -0.39 is 17.4 Å². The standard InChI is InChI=1S/C14H18O4/c1-4-9-14(12(15)17-2,13(16)18-3)10-5-6-11-7-8-11/h1,5-6,11H,7-10H2,2-3H3/b6-5-. The van der Waals surface area contributed by atoms with Crippen molar-refractivity contribution < 1.29 is 19.1 Å². The van der Waals surface area contributed by atoms with Crippen molar-refractivity contribution in [3.63, 3.8) is 0 Å². The van der Waals surface area contributed by atoms with E-state index in [1.165, 1.54) is 14.2 Å². The van der Waals surface area contributed by atoms with Gasteiger partial charge in [-0.25, -0.2) is 0 Å². The monoisotopic (exact) mass is 250 g/mol. The molecule has 0 aromatic heterocycles. The van der Waals surface area contributed by atoms with Gasteiger partial charge in [0, 0.05) is 6.42 Å². The Balaban J connectivity index is 2.90. The van der Waals surface area contributed by atoms with Crippen LogP contribution in [0.2, 0.25) is 0 Å². The van der Waals surface area contributed by atoms with Crippen LogP contribution in [0, 0.1) is 23.7 Å². The van der Waals surface area contributed by atoms with Crippen LogP contribution in [0.1, 0.15) is 25.7 Å². The second-order valence-electron chi connectivity index (χ2n) is 4.42. The molecule has 1 saturated carbocycles. The third-order valence-corrected chi connectivity index (χ3v) is 3.05. The Kier molecular flexibility index (Phi) is 4.96. The van der Waals surface area contributed by atoms with Crippen LogP contribution in [-0.4, -0.2) is 26.2 Å². The van der Waals surface area contributed by atoms with Gasteiger partial charge in [0.25, 0.3) is 0 Å². The van der Waals surface area contributed by atoms with Gasteiger partial charge in [0.05, 0.1) is 14.2 Å². The summed E-state index contributed by atoms with van der Waals surface area (Å²) in [5, 5.41) is 0. The minimum atomic E-state index is -1.41. The predicted molar refractivity (Wildman–Crippen MR) is 66.4 cm³/mol. The van der Waals surface area contributed by atoms with Crippen molar-refractivity contribution in [3.05, 3.63) is 12.2 Å². The Hall–Kier alpha value is -1.76. The Morgan fingerprint density at radius 1 is 1.33 bits per heavy atom. The molecule has 0 N–H and O–H groups in total. The van der Waals surface area contributed by atoms with E-state index in [9.17, 15) is 9.59 Å². The number of hydrogen-bond donors (Lipinski definition) is 0. The fourth-order valence-corrected chi connectivity index (χ4v) is 1.78. The zero-order valence-electron chi connectivity index (χ0n) is 10.8. The highest BCUT2D eigenvalue weighted by Gasteiger charge is 2.47. The summed E-state index contributed by atoms with van der Waals surface area (Å²) in [6.45, 7) is 0. The maximum atomic E-state index is 11.9. The van der Waals surface area contributed by atoms with Gasteiger partial charge < -0.3 is 9.47 Å². The van der Waals surface area contributed by atoms with Gasteiger partial charge in [-0.3, -0.25) is 9.59 Å². The molecule has 98 valence electrons. The summed E-state index contributed by atoms with van der Waals surface area (Å²) >= 11 is 0. The van der Waals surface area contributed by atoms with Crippen molar-refractivity contribution in [1.29, 1.82) is 0 Å². The van der Waals surface area contributed by atoms with E-state index in [-0.39, 0.29) is 12.8 Å². The number of methoxy groups -OCH3 is 2. The van der Waals surface area contributed by atoms with Crippen LogP contribution < -0.4 is 0 Å². The molecule has 0 spiro atoms. The smallest absolute Gasteiger partial charge is 0.324 e. The van der Waals surface area contributed by atoms with Gasteiger partial charge >= 0.3 is 11.9 Å². The van der Waals surface area contributed by atoms with Gasteiger partial charge in [0.1, 0.15) is 0 Å². The minimum absolute atomic E-state index is 0.0264. The SMILES string of the molecule is C#CCC(C/C=C\C1CC1)(C(=O)OC)C(=O)OC. The fourth-order valence-electron chi connectivity index (χ4n) is 1.78. The molecule has 0 unspecified atom stereocenters. The van der Waals surface area contributed by atoms with Crippen LogP contribution in [0.5, 0.6) is 0 Å². The van der Waals surface area contributed by atoms with Crippen LogP contribution in [0.3, 0.4) is 0 Å². The third-order valence-electron chi connectivity index (χ3n) is 3.05. The highest BCUT2D eigenvalue weighted by atomic mass is 16.5. The predicted octanol–water partition coefficient (Wildman–Crippen LogP) is 1.70. The fraction of sp³-hybridized carbons (Fsp3) is 0.571. The lowest BCUT2D eigenvalue weighted by atomic mass is 9.81. The molecule has 1 fully saturated rings. The molecule has 4 heteroatoms. The van der Waals surface area contributed by atoms with E-state index in [0.717, 1.165) is 12.8 Å². The summed E-state index contributed by atoms with van der Waals surface area (Å²) in [5.41, 5.74) is -1.41. The molecular formula is C14H18O4. The Morgan fingerprint density at radius 3 is 2.28 bits per heavy atom. The topological polar surface area (TPSA) is 52.6 Å². The van der Waals surface area contributed by atoms with E-state index in [4.69, 9.17) is 15.9 Å². The van der Waals surface area contributed by atoms with Crippen LogP contribution in [0.15, 0.2) is 12.2 Å². The van der Waals surface area contributed by atoms with Crippen molar-refractivity contribution in [2.45, 2.75) is 25.7 Å². The molecule has 1 aliphatic rings. The maximum Gasteiger partial charge on any atom is 0.324 e. The van der Waals surface area contributed by atoms with Crippen LogP contribution in [-0.2, 0) is 19.1 Å². The number of terminal acetylenes is 1. The van der Waals surface area contributed by atoms with Crippen LogP contribution in [0.25, 0.3) is 0 Å². The number of carbonyl (C=O) groups is 2. The van der Waals surface area contributed by atoms with Gasteiger partial charge in [-0.05, 0) is 25.2 Å². The zero-order valence-corrected chi connectivity index (χ0v) is 10.8. The van der Waals surface area contributed by atoms with Gasteiger partial charge in [-0.1, -0.05) is 12.2 Å². The van der Waals surface area contributed by atoms with Crippen molar-refractivity contribution in [2.75, 3.05) is 14.2 Å². The number of rotatable bonds is 6. The molecule has 1 rings (SSSR count). The molecule has 0 aliphatic heterocycles. The first kappa shape index (κ1) is 14.3. The Bertz CT molecular complexity index is 369. The van der Waals surface area contributed by atoms with Crippen molar-refractivity contribution >= 4 is 11.9 Å². The number of hydrogen-bond acceptors (Lipinski definition) is 4. The van der Waals surface area contributed by atoms with Gasteiger partial charge in [-0.2, -0.15) is 0 Å². The average molecular weight is 250 g/mol. The molecule has 0 radical (unpaired) electrons. The lowest BCUT2D eigenvalue weighted by Gasteiger charge is -2.24. The van der Waals surface area contributed by atoms with Crippen molar-refractivity contribution in [2.24, 2.45) is 11.3 Å². The van der Waals surface area contributed by atoms with E-state index >= 15 is 0 Å². The van der Waals surface area contributed by atoms with Crippen molar-refractivity contribution in [3.8, 4) is 12.3 Å². The highest BCUT2D eigenvalue weighted by Crippen LogP contribution is 2.34. The number of esters is 2. The van der Waals surface area contributed by atoms with E-state index in [1.54, 1.807) is 0 Å². The van der Waals surface area contributed by atoms with Gasteiger partial charge in [-0.15, -0.1) is 12.3 Å². The third kappa shape index (κ3) is 3.13. The summed E-state index contributed by atoms with van der Waals surface area (Å²) in [7, 11) is 2.47. The second-order valence-corrected chi connectivity index (χ2v) is 4.42. The van der Waals surface area contributed by atoms with Crippen LogP contribution >= 0.6 is 0 Å². The lowest BCUT2D eigenvalue weighted by molar-refractivity contribution is -0.168. The van der Waals surface area contributed by atoms with E-state index in [1.807, 2.05) is 12.2 Å². The van der Waals surface area contributed by atoms with Gasteiger partial charge in [0.15, 0.2) is 5.41 Å². The van der Waals surface area contributed by atoms with Crippen LogP contribution in [0.4, 0.5) is 0 Å². The molecule has 1 aliphatic carbocycles. The number of allylic oxidation sites excluding steroid dienone is 2. The quantitative estimate of drug-likeness (QED) is 0.311. The normalized spacial score (nSPS) is 15.2. The first-order valence-electron chi connectivity index (χ1n) is 5.87. The molecule has 0 amide bonds. The van der Waals surface area contributed by atoms with Crippen molar-refractivity contribution in [1.82, 2.24) is 0 Å². The first-order valence-corrected chi connectivity index (χ1v) is 5.87. The molecule has 0 aromatic rings. The molecule has 0 bridgehead atoms. The second kappa shape index (κ2) is 6.25. The molecule has 0 atom stereocenters. The minimum Gasteiger partial charge on any atom is -0.468 e. The van der Waals surface area contributed by atoms with Gasteiger partial charge in [0.2, 0.25) is 0 Å². The summed E-state index contributed by atoms with van der Waals surface area (Å²) < 4.78 is 9.39. The maximum absolute atomic E-state index is 11.9. The Labute approximate surface area is 107 Å². The molecule has 0 aromatic carbocycles. The first-order chi connectivity index (χ1) is 8.60. The number of carbonyl (C=O) groups excluding carboxylic acids is 2. The molecular weight excluding hydrogens is 232 g/mol. The average Bonchev–Trinajstić information content (AvgIpc) is 3.19. The number of ether oxygens (including phenoxy) is 2. The highest BCUT2D eigenvalue weighted by molar-refractivity contribution is 6.00. The molecule has 18 heavy (non-hydrogen) atoms. The zero-order chi connectivity index (χ0) is 13.6. The largest absolute Gasteiger partial charge is 0.468 e. The van der Waals surface area contributed by atoms with E-state index in [0.29, 0.717) is 5.92 Å². The molecule has 4 nitrogen and oxygen atoms in total. The summed E-state index contributed by atoms with van der Waals surface area (Å²) in [6.07, 6.45) is 11.6. The molecule has 0 heterocycles. The summed E-state index contributed by atoms with van der Waals surface area (Å²) in [5.74, 6) is 1.64. The summed E-state index contributed by atoms with van der Waals surface area (Å²) in [4.78, 5) is 23.7. The van der Waals surface area contributed by atoms with E-state index in [2.05, 4.69) is 5.92 Å². The Morgan fingerprint density at radius 2 is 1.89 bits per heavy atom. The summed E-state index contributed by atoms with van der Waals surface area (Å²) in [6, 6.07) is 0. The lowest BCUT2D eigenvalue weighted by Crippen LogP contribution is -2.40.